The van der Waals surface area contributed by atoms with E-state index in [4.69, 9.17) is 5.73 Å². The number of nitrogens with one attached hydrogen (secondary N) is 2. The molecule has 1 aromatic heterocycles. The average molecular weight is 284 g/mol. The zero-order valence-corrected chi connectivity index (χ0v) is 12.3. The highest BCUT2D eigenvalue weighted by atomic mass is 16.3. The number of rotatable bonds is 7. The molecule has 0 aromatic carbocycles. The minimum Gasteiger partial charge on any atom is -0.394 e. The maximum Gasteiger partial charge on any atom is 0.330 e. The summed E-state index contributed by atoms with van der Waals surface area (Å²) in [5, 5.41) is 12.4. The highest BCUT2D eigenvalue weighted by Crippen LogP contribution is 2.19. The summed E-state index contributed by atoms with van der Waals surface area (Å²) in [6.07, 6.45) is 2.31. The molecule has 1 unspecified atom stereocenters. The largest absolute Gasteiger partial charge is 0.394 e. The van der Waals surface area contributed by atoms with E-state index in [-0.39, 0.29) is 18.1 Å². The molecule has 0 aliphatic rings. The van der Waals surface area contributed by atoms with Gasteiger partial charge in [0.15, 0.2) is 0 Å². The van der Waals surface area contributed by atoms with Crippen LogP contribution < -0.4 is 22.3 Å². The van der Waals surface area contributed by atoms with Gasteiger partial charge in [0.05, 0.1) is 12.1 Å². The van der Waals surface area contributed by atoms with E-state index in [1.807, 2.05) is 13.8 Å². The number of nitrogens with zero attached hydrogens (tertiary/aromatic N) is 1. The number of aliphatic hydroxyl groups is 1. The van der Waals surface area contributed by atoms with Crippen LogP contribution in [0.15, 0.2) is 9.59 Å². The van der Waals surface area contributed by atoms with Crippen LogP contribution in [0.3, 0.4) is 0 Å². The van der Waals surface area contributed by atoms with Gasteiger partial charge in [-0.25, -0.2) is 4.79 Å². The second-order valence-corrected chi connectivity index (χ2v) is 5.22. The summed E-state index contributed by atoms with van der Waals surface area (Å²) >= 11 is 0. The first-order valence-corrected chi connectivity index (χ1v) is 6.90. The van der Waals surface area contributed by atoms with Crippen LogP contribution in [0.5, 0.6) is 0 Å². The topological polar surface area (TPSA) is 113 Å². The first-order valence-electron chi connectivity index (χ1n) is 6.90. The monoisotopic (exact) mass is 284 g/mol. The van der Waals surface area contributed by atoms with E-state index in [9.17, 15) is 14.7 Å². The van der Waals surface area contributed by atoms with E-state index >= 15 is 0 Å². The van der Waals surface area contributed by atoms with E-state index in [1.165, 1.54) is 4.57 Å². The van der Waals surface area contributed by atoms with Crippen LogP contribution in [0.25, 0.3) is 0 Å². The molecule has 7 heteroatoms. The number of nitrogen functional groups attached to an aromatic ring is 1. The minimum atomic E-state index is -0.659. The van der Waals surface area contributed by atoms with Crippen LogP contribution in [0.2, 0.25) is 0 Å². The Labute approximate surface area is 117 Å². The Kier molecular flexibility index (Phi) is 5.38. The van der Waals surface area contributed by atoms with Crippen molar-refractivity contribution in [3.8, 4) is 0 Å². The zero-order chi connectivity index (χ0) is 15.3. The fourth-order valence-corrected chi connectivity index (χ4v) is 1.79. The van der Waals surface area contributed by atoms with Crippen LogP contribution in [0.1, 0.15) is 40.0 Å². The molecule has 0 saturated heterocycles. The molecular formula is C13H24N4O3. The summed E-state index contributed by atoms with van der Waals surface area (Å²) < 4.78 is 1.35. The summed E-state index contributed by atoms with van der Waals surface area (Å²) in [5.41, 5.74) is 4.35. The SMILES string of the molecule is CCCCn1c(N)c(NC(C)(CC)CO)c(=O)[nH]c1=O. The van der Waals surface area contributed by atoms with Crippen molar-refractivity contribution in [1.82, 2.24) is 9.55 Å². The predicted molar refractivity (Wildman–Crippen MR) is 80.0 cm³/mol. The van der Waals surface area contributed by atoms with Gasteiger partial charge in [-0.05, 0) is 19.8 Å². The van der Waals surface area contributed by atoms with E-state index in [2.05, 4.69) is 10.3 Å². The van der Waals surface area contributed by atoms with Gasteiger partial charge in [0.1, 0.15) is 11.5 Å². The number of unbranched alkanes of at least 4 members (excludes halogenated alkanes) is 1. The Bertz CT molecular complexity index is 558. The summed E-state index contributed by atoms with van der Waals surface area (Å²) in [4.78, 5) is 25.9. The number of aromatic nitrogens is 2. The molecule has 1 heterocycles. The summed E-state index contributed by atoms with van der Waals surface area (Å²) in [5.74, 6) is 0.111. The first kappa shape index (κ1) is 16.3. The highest BCUT2D eigenvalue weighted by molar-refractivity contribution is 5.61. The molecule has 0 saturated carbocycles. The predicted octanol–water partition coefficient (Wildman–Crippen LogP) is 0.492. The average Bonchev–Trinajstić information content (AvgIpc) is 2.43. The molecule has 0 radical (unpaired) electrons. The van der Waals surface area contributed by atoms with Gasteiger partial charge < -0.3 is 16.2 Å². The van der Waals surface area contributed by atoms with Crippen LogP contribution >= 0.6 is 0 Å². The van der Waals surface area contributed by atoms with Crippen molar-refractivity contribution in [3.05, 3.63) is 20.8 Å². The van der Waals surface area contributed by atoms with E-state index in [0.717, 1.165) is 12.8 Å². The fraction of sp³-hybridized carbons (Fsp3) is 0.692. The molecule has 0 aliphatic heterocycles. The van der Waals surface area contributed by atoms with Gasteiger partial charge in [-0.3, -0.25) is 14.3 Å². The molecule has 114 valence electrons. The van der Waals surface area contributed by atoms with Crippen molar-refractivity contribution in [3.63, 3.8) is 0 Å². The van der Waals surface area contributed by atoms with E-state index < -0.39 is 16.8 Å². The van der Waals surface area contributed by atoms with E-state index in [1.54, 1.807) is 6.92 Å². The molecule has 0 spiro atoms. The third kappa shape index (κ3) is 3.41. The maximum atomic E-state index is 11.9. The quantitative estimate of drug-likeness (QED) is 0.582. The lowest BCUT2D eigenvalue weighted by molar-refractivity contribution is 0.219. The standard InChI is InChI=1S/C13H24N4O3/c1-4-6-7-17-10(14)9(11(19)15-12(17)20)16-13(3,5-2)8-18/h16,18H,4-8,14H2,1-3H3,(H,15,19,20). The van der Waals surface area contributed by atoms with Gasteiger partial charge in [-0.1, -0.05) is 20.3 Å². The molecule has 0 amide bonds. The van der Waals surface area contributed by atoms with Gasteiger partial charge in [-0.2, -0.15) is 0 Å². The molecule has 5 N–H and O–H groups in total. The number of aromatic amines is 1. The van der Waals surface area contributed by atoms with Crippen LogP contribution in [0.4, 0.5) is 11.5 Å². The van der Waals surface area contributed by atoms with Gasteiger partial charge in [0.2, 0.25) is 0 Å². The number of hydrogen-bond donors (Lipinski definition) is 4. The number of hydrogen-bond acceptors (Lipinski definition) is 5. The van der Waals surface area contributed by atoms with Crippen LogP contribution in [-0.4, -0.2) is 26.8 Å². The molecule has 1 atom stereocenters. The van der Waals surface area contributed by atoms with Crippen molar-refractivity contribution in [1.29, 1.82) is 0 Å². The highest BCUT2D eigenvalue weighted by Gasteiger charge is 2.24. The number of H-pyrrole nitrogens is 1. The molecule has 0 fully saturated rings. The lowest BCUT2D eigenvalue weighted by Crippen LogP contribution is -2.42. The van der Waals surface area contributed by atoms with Crippen molar-refractivity contribution in [2.75, 3.05) is 17.7 Å². The minimum absolute atomic E-state index is 0.111. The third-order valence-corrected chi connectivity index (χ3v) is 3.53. The Hall–Kier alpha value is -1.76. The maximum absolute atomic E-state index is 11.9. The normalized spacial score (nSPS) is 14.0. The summed E-state index contributed by atoms with van der Waals surface area (Å²) in [6.45, 7) is 5.99. The Morgan fingerprint density at radius 3 is 2.55 bits per heavy atom. The Balaban J connectivity index is 3.26. The lowest BCUT2D eigenvalue weighted by Gasteiger charge is -2.29. The molecule has 1 aromatic rings. The number of aliphatic hydroxyl groups excluding tert-OH is 1. The van der Waals surface area contributed by atoms with Gasteiger partial charge in [-0.15, -0.1) is 0 Å². The summed E-state index contributed by atoms with van der Waals surface area (Å²) in [6, 6.07) is 0. The second-order valence-electron chi connectivity index (χ2n) is 5.22. The Morgan fingerprint density at radius 1 is 1.40 bits per heavy atom. The zero-order valence-electron chi connectivity index (χ0n) is 12.3. The van der Waals surface area contributed by atoms with Crippen LogP contribution in [0, 0.1) is 0 Å². The molecule has 1 rings (SSSR count). The second kappa shape index (κ2) is 6.60. The molecule has 7 nitrogen and oxygen atoms in total. The van der Waals surface area contributed by atoms with Crippen molar-refractivity contribution < 1.29 is 5.11 Å². The van der Waals surface area contributed by atoms with Gasteiger partial charge in [0.25, 0.3) is 5.56 Å². The van der Waals surface area contributed by atoms with Crippen molar-refractivity contribution >= 4 is 11.5 Å². The number of anilines is 2. The first-order chi connectivity index (χ1) is 9.38. The van der Waals surface area contributed by atoms with Crippen molar-refractivity contribution in [2.45, 2.75) is 52.1 Å². The third-order valence-electron chi connectivity index (χ3n) is 3.53. The molecule has 0 aliphatic carbocycles. The fourth-order valence-electron chi connectivity index (χ4n) is 1.79. The molecular weight excluding hydrogens is 260 g/mol. The molecule has 20 heavy (non-hydrogen) atoms. The molecule has 0 bridgehead atoms. The smallest absolute Gasteiger partial charge is 0.330 e. The number of nitrogens with two attached hydrogens (primary N) is 1. The van der Waals surface area contributed by atoms with Crippen LogP contribution in [-0.2, 0) is 6.54 Å². The summed E-state index contributed by atoms with van der Waals surface area (Å²) in [7, 11) is 0. The van der Waals surface area contributed by atoms with Crippen molar-refractivity contribution in [2.24, 2.45) is 0 Å². The van der Waals surface area contributed by atoms with E-state index in [0.29, 0.717) is 13.0 Å². The van der Waals surface area contributed by atoms with Gasteiger partial charge in [0, 0.05) is 6.54 Å². The lowest BCUT2D eigenvalue weighted by atomic mass is 10.00. The Morgan fingerprint density at radius 2 is 2.05 bits per heavy atom. The van der Waals surface area contributed by atoms with Gasteiger partial charge >= 0.3 is 5.69 Å².